The Hall–Kier alpha value is -1.17. The number of rotatable bonds is 3. The summed E-state index contributed by atoms with van der Waals surface area (Å²) in [6.07, 6.45) is 7.23. The Morgan fingerprint density at radius 2 is 2.50 bits per heavy atom. The summed E-state index contributed by atoms with van der Waals surface area (Å²) in [4.78, 5) is 11.0. The monoisotopic (exact) mass is 166 g/mol. The van der Waals surface area contributed by atoms with Crippen LogP contribution in [0.3, 0.4) is 0 Å². The van der Waals surface area contributed by atoms with E-state index in [-0.39, 0.29) is 6.03 Å². The molecule has 1 aliphatic carbocycles. The molecule has 0 radical (unpaired) electrons. The molecule has 0 saturated heterocycles. The highest BCUT2D eigenvalue weighted by molar-refractivity contribution is 5.74. The predicted octanol–water partition coefficient (Wildman–Crippen LogP) is 0.717. The molecule has 2 amide bonds. The second-order valence-corrected chi connectivity index (χ2v) is 3.04. The van der Waals surface area contributed by atoms with Crippen LogP contribution in [0.15, 0.2) is 0 Å². The SMILES string of the molecule is C#CCNC(=O)NC1CC1CC. The Kier molecular flexibility index (Phi) is 2.98. The minimum Gasteiger partial charge on any atom is -0.335 e. The molecule has 3 heteroatoms. The van der Waals surface area contributed by atoms with Crippen LogP contribution in [0, 0.1) is 18.3 Å². The fourth-order valence-electron chi connectivity index (χ4n) is 1.23. The third kappa shape index (κ3) is 2.46. The maximum absolute atomic E-state index is 11.0. The molecule has 0 aromatic heterocycles. The molecule has 0 aromatic rings. The van der Waals surface area contributed by atoms with Gasteiger partial charge in [0.2, 0.25) is 0 Å². The summed E-state index contributed by atoms with van der Waals surface area (Å²) < 4.78 is 0. The van der Waals surface area contributed by atoms with Gasteiger partial charge in [0.25, 0.3) is 0 Å². The minimum atomic E-state index is -0.145. The molecule has 1 saturated carbocycles. The van der Waals surface area contributed by atoms with E-state index < -0.39 is 0 Å². The van der Waals surface area contributed by atoms with Crippen LogP contribution in [0.4, 0.5) is 4.79 Å². The zero-order chi connectivity index (χ0) is 8.97. The second-order valence-electron chi connectivity index (χ2n) is 3.04. The van der Waals surface area contributed by atoms with Crippen LogP contribution >= 0.6 is 0 Å². The number of nitrogens with one attached hydrogen (secondary N) is 2. The van der Waals surface area contributed by atoms with Crippen molar-refractivity contribution in [1.82, 2.24) is 10.6 Å². The summed E-state index contributed by atoms with van der Waals surface area (Å²) in [5.74, 6) is 3.03. The smallest absolute Gasteiger partial charge is 0.315 e. The van der Waals surface area contributed by atoms with Crippen LogP contribution in [-0.2, 0) is 0 Å². The van der Waals surface area contributed by atoms with Crippen molar-refractivity contribution in [3.8, 4) is 12.3 Å². The lowest BCUT2D eigenvalue weighted by Crippen LogP contribution is -2.37. The molecule has 1 fully saturated rings. The maximum Gasteiger partial charge on any atom is 0.315 e. The highest BCUT2D eigenvalue weighted by Crippen LogP contribution is 2.32. The first-order chi connectivity index (χ1) is 5.77. The van der Waals surface area contributed by atoms with Gasteiger partial charge in [-0.2, -0.15) is 0 Å². The number of hydrogen-bond acceptors (Lipinski definition) is 1. The van der Waals surface area contributed by atoms with Crippen molar-refractivity contribution >= 4 is 6.03 Å². The topological polar surface area (TPSA) is 41.1 Å². The molecular weight excluding hydrogens is 152 g/mol. The lowest BCUT2D eigenvalue weighted by Gasteiger charge is -2.03. The first-order valence-corrected chi connectivity index (χ1v) is 4.25. The van der Waals surface area contributed by atoms with Crippen LogP contribution in [0.1, 0.15) is 19.8 Å². The van der Waals surface area contributed by atoms with E-state index in [1.54, 1.807) is 0 Å². The standard InChI is InChI=1S/C9H14N2O/c1-3-5-10-9(12)11-8-6-7(8)4-2/h1,7-8H,4-6H2,2H3,(H2,10,11,12). The van der Waals surface area contributed by atoms with E-state index in [2.05, 4.69) is 23.5 Å². The van der Waals surface area contributed by atoms with Crippen molar-refractivity contribution in [2.45, 2.75) is 25.8 Å². The molecule has 0 aliphatic heterocycles. The summed E-state index contributed by atoms with van der Waals surface area (Å²) in [5.41, 5.74) is 0. The molecule has 0 spiro atoms. The lowest BCUT2D eigenvalue weighted by molar-refractivity contribution is 0.241. The molecule has 2 unspecified atom stereocenters. The van der Waals surface area contributed by atoms with Crippen molar-refractivity contribution in [1.29, 1.82) is 0 Å². The zero-order valence-electron chi connectivity index (χ0n) is 7.26. The van der Waals surface area contributed by atoms with Crippen molar-refractivity contribution in [3.05, 3.63) is 0 Å². The number of terminal acetylenes is 1. The molecule has 3 nitrogen and oxygen atoms in total. The number of carbonyl (C=O) groups excluding carboxylic acids is 1. The third-order valence-corrected chi connectivity index (χ3v) is 2.11. The van der Waals surface area contributed by atoms with Crippen molar-refractivity contribution < 1.29 is 4.79 Å². The average Bonchev–Trinajstić information content (AvgIpc) is 2.80. The molecule has 1 rings (SSSR count). The van der Waals surface area contributed by atoms with Gasteiger partial charge in [-0.3, -0.25) is 0 Å². The zero-order valence-corrected chi connectivity index (χ0v) is 7.26. The molecule has 0 aromatic carbocycles. The summed E-state index contributed by atoms with van der Waals surface area (Å²) in [7, 11) is 0. The molecule has 66 valence electrons. The molecule has 2 N–H and O–H groups in total. The first-order valence-electron chi connectivity index (χ1n) is 4.25. The maximum atomic E-state index is 11.0. The molecule has 12 heavy (non-hydrogen) atoms. The fraction of sp³-hybridized carbons (Fsp3) is 0.667. The summed E-state index contributed by atoms with van der Waals surface area (Å²) in [5, 5.41) is 5.41. The molecular formula is C9H14N2O. The van der Waals surface area contributed by atoms with Crippen LogP contribution in [0.5, 0.6) is 0 Å². The van der Waals surface area contributed by atoms with E-state index in [0.29, 0.717) is 18.5 Å². The Morgan fingerprint density at radius 3 is 3.00 bits per heavy atom. The van der Waals surface area contributed by atoms with E-state index in [1.807, 2.05) is 0 Å². The van der Waals surface area contributed by atoms with Crippen molar-refractivity contribution in [3.63, 3.8) is 0 Å². The van der Waals surface area contributed by atoms with Gasteiger partial charge in [-0.25, -0.2) is 4.79 Å². The van der Waals surface area contributed by atoms with Gasteiger partial charge in [0.15, 0.2) is 0 Å². The number of amides is 2. The van der Waals surface area contributed by atoms with E-state index in [9.17, 15) is 4.79 Å². The van der Waals surface area contributed by atoms with Gasteiger partial charge < -0.3 is 10.6 Å². The Morgan fingerprint density at radius 1 is 1.75 bits per heavy atom. The Bertz CT molecular complexity index is 207. The number of carbonyl (C=O) groups is 1. The number of hydrogen-bond donors (Lipinski definition) is 2. The predicted molar refractivity (Wildman–Crippen MR) is 47.6 cm³/mol. The lowest BCUT2D eigenvalue weighted by atomic mass is 10.3. The summed E-state index contributed by atoms with van der Waals surface area (Å²) in [6.45, 7) is 2.43. The van der Waals surface area contributed by atoms with Crippen LogP contribution in [-0.4, -0.2) is 18.6 Å². The van der Waals surface area contributed by atoms with E-state index in [4.69, 9.17) is 6.42 Å². The normalized spacial score (nSPS) is 25.7. The number of urea groups is 1. The van der Waals surface area contributed by atoms with Gasteiger partial charge in [0, 0.05) is 6.04 Å². The first kappa shape index (κ1) is 8.92. The van der Waals surface area contributed by atoms with Crippen molar-refractivity contribution in [2.75, 3.05) is 6.54 Å². The Balaban J connectivity index is 2.08. The van der Waals surface area contributed by atoms with Crippen LogP contribution in [0.25, 0.3) is 0 Å². The quantitative estimate of drug-likeness (QED) is 0.596. The average molecular weight is 166 g/mol. The largest absolute Gasteiger partial charge is 0.335 e. The fourth-order valence-corrected chi connectivity index (χ4v) is 1.23. The highest BCUT2D eigenvalue weighted by Gasteiger charge is 2.36. The summed E-state index contributed by atoms with van der Waals surface area (Å²) >= 11 is 0. The van der Waals surface area contributed by atoms with Gasteiger partial charge in [0.1, 0.15) is 0 Å². The third-order valence-electron chi connectivity index (χ3n) is 2.11. The van der Waals surface area contributed by atoms with E-state index >= 15 is 0 Å². The molecule has 2 atom stereocenters. The van der Waals surface area contributed by atoms with Gasteiger partial charge in [-0.1, -0.05) is 19.3 Å². The van der Waals surface area contributed by atoms with Crippen molar-refractivity contribution in [2.24, 2.45) is 5.92 Å². The summed E-state index contributed by atoms with van der Waals surface area (Å²) in [6, 6.07) is 0.238. The van der Waals surface area contributed by atoms with Gasteiger partial charge in [-0.05, 0) is 12.3 Å². The second kappa shape index (κ2) is 4.01. The Labute approximate surface area is 72.9 Å². The minimum absolute atomic E-state index is 0.145. The van der Waals surface area contributed by atoms with Crippen LogP contribution in [0.2, 0.25) is 0 Å². The van der Waals surface area contributed by atoms with Gasteiger partial charge >= 0.3 is 6.03 Å². The molecule has 0 heterocycles. The highest BCUT2D eigenvalue weighted by atomic mass is 16.2. The molecule has 0 bridgehead atoms. The van der Waals surface area contributed by atoms with E-state index in [0.717, 1.165) is 12.8 Å². The van der Waals surface area contributed by atoms with Crippen LogP contribution < -0.4 is 10.6 Å². The molecule has 1 aliphatic rings. The van der Waals surface area contributed by atoms with Gasteiger partial charge in [0.05, 0.1) is 6.54 Å². The van der Waals surface area contributed by atoms with E-state index in [1.165, 1.54) is 0 Å². The van der Waals surface area contributed by atoms with Gasteiger partial charge in [-0.15, -0.1) is 6.42 Å².